The molecule has 2 aliphatic heterocycles. The van der Waals surface area contributed by atoms with Gasteiger partial charge in [-0.1, -0.05) is 12.1 Å². The van der Waals surface area contributed by atoms with Crippen LogP contribution in [0.25, 0.3) is 0 Å². The van der Waals surface area contributed by atoms with Crippen LogP contribution in [0.4, 0.5) is 0 Å². The topological polar surface area (TPSA) is 26.7 Å². The Labute approximate surface area is 122 Å². The molecule has 1 aromatic rings. The molecule has 0 aromatic heterocycles. The zero-order valence-electron chi connectivity index (χ0n) is 12.5. The zero-order chi connectivity index (χ0) is 13.9. The highest BCUT2D eigenvalue weighted by Gasteiger charge is 2.31. The van der Waals surface area contributed by atoms with Crippen molar-refractivity contribution in [3.05, 3.63) is 29.8 Å². The molecule has 1 aromatic carbocycles. The summed E-state index contributed by atoms with van der Waals surface area (Å²) < 4.78 is 0. The van der Waals surface area contributed by atoms with Crippen molar-refractivity contribution >= 4 is 0 Å². The molecule has 20 heavy (non-hydrogen) atoms. The summed E-state index contributed by atoms with van der Waals surface area (Å²) in [5.74, 6) is 0.358. The maximum atomic E-state index is 9.34. The van der Waals surface area contributed by atoms with Crippen LogP contribution in [0.15, 0.2) is 24.3 Å². The Morgan fingerprint density at radius 1 is 1.15 bits per heavy atom. The van der Waals surface area contributed by atoms with Gasteiger partial charge in [-0.25, -0.2) is 0 Å². The number of benzene rings is 1. The maximum absolute atomic E-state index is 9.34. The van der Waals surface area contributed by atoms with Gasteiger partial charge in [0, 0.05) is 25.2 Å². The molecule has 0 amide bonds. The minimum Gasteiger partial charge on any atom is -0.508 e. The molecule has 2 fully saturated rings. The fourth-order valence-electron chi connectivity index (χ4n) is 3.68. The molecule has 2 saturated heterocycles. The predicted molar refractivity (Wildman–Crippen MR) is 82.1 cm³/mol. The van der Waals surface area contributed by atoms with Gasteiger partial charge in [0.1, 0.15) is 5.75 Å². The van der Waals surface area contributed by atoms with Crippen molar-refractivity contribution in [3.8, 4) is 5.75 Å². The molecule has 0 bridgehead atoms. The van der Waals surface area contributed by atoms with Crippen molar-refractivity contribution in [2.75, 3.05) is 26.2 Å². The van der Waals surface area contributed by atoms with E-state index in [9.17, 15) is 5.11 Å². The van der Waals surface area contributed by atoms with E-state index in [0.717, 1.165) is 12.5 Å². The highest BCUT2D eigenvalue weighted by Crippen LogP contribution is 2.23. The van der Waals surface area contributed by atoms with Crippen LogP contribution < -0.4 is 0 Å². The Morgan fingerprint density at radius 3 is 2.55 bits per heavy atom. The minimum absolute atomic E-state index is 0.358. The number of phenolic OH excluding ortho intramolecular Hbond substituents is 1. The van der Waals surface area contributed by atoms with Crippen LogP contribution in [0.5, 0.6) is 5.75 Å². The molecule has 0 aliphatic carbocycles. The standard InChI is InChI=1S/C17H26N2O/c1-14(12-15-4-6-17(20)7-5-15)19-11-8-16(13-19)18-9-2-3-10-18/h4-7,14,16,20H,2-3,8-13H2,1H3. The SMILES string of the molecule is CC(Cc1ccc(O)cc1)N1CCC(N2CCCC2)C1. The van der Waals surface area contributed by atoms with E-state index in [-0.39, 0.29) is 0 Å². The lowest BCUT2D eigenvalue weighted by Gasteiger charge is -2.27. The van der Waals surface area contributed by atoms with Crippen molar-refractivity contribution in [1.29, 1.82) is 0 Å². The van der Waals surface area contributed by atoms with Crippen LogP contribution in [0.3, 0.4) is 0 Å². The third-order valence-corrected chi connectivity index (χ3v) is 4.94. The molecule has 2 atom stereocenters. The van der Waals surface area contributed by atoms with Crippen LogP contribution >= 0.6 is 0 Å². The molecular weight excluding hydrogens is 248 g/mol. The molecule has 110 valence electrons. The number of hydrogen-bond donors (Lipinski definition) is 1. The fourth-order valence-corrected chi connectivity index (χ4v) is 3.68. The summed E-state index contributed by atoms with van der Waals surface area (Å²) in [4.78, 5) is 5.32. The van der Waals surface area contributed by atoms with E-state index < -0.39 is 0 Å². The van der Waals surface area contributed by atoms with Gasteiger partial charge in [0.05, 0.1) is 0 Å². The van der Waals surface area contributed by atoms with Crippen LogP contribution in [0.1, 0.15) is 31.7 Å². The lowest BCUT2D eigenvalue weighted by Crippen LogP contribution is -2.38. The number of likely N-dealkylation sites (tertiary alicyclic amines) is 2. The maximum Gasteiger partial charge on any atom is 0.115 e. The summed E-state index contributed by atoms with van der Waals surface area (Å²) in [6, 6.07) is 9.05. The summed E-state index contributed by atoms with van der Waals surface area (Å²) in [7, 11) is 0. The average Bonchev–Trinajstić information content (AvgIpc) is 3.11. The first-order valence-corrected chi connectivity index (χ1v) is 7.98. The summed E-state index contributed by atoms with van der Waals surface area (Å²) >= 11 is 0. The van der Waals surface area contributed by atoms with Gasteiger partial charge >= 0.3 is 0 Å². The second-order valence-corrected chi connectivity index (χ2v) is 6.40. The second kappa shape index (κ2) is 6.15. The summed E-state index contributed by atoms with van der Waals surface area (Å²) in [6.45, 7) is 7.43. The first kappa shape index (κ1) is 13.9. The Balaban J connectivity index is 1.52. The van der Waals surface area contributed by atoms with Crippen molar-refractivity contribution in [1.82, 2.24) is 9.80 Å². The van der Waals surface area contributed by atoms with E-state index in [1.807, 2.05) is 12.1 Å². The van der Waals surface area contributed by atoms with E-state index in [0.29, 0.717) is 11.8 Å². The van der Waals surface area contributed by atoms with E-state index in [1.54, 1.807) is 12.1 Å². The van der Waals surface area contributed by atoms with Gasteiger partial charge in [-0.15, -0.1) is 0 Å². The number of rotatable bonds is 4. The van der Waals surface area contributed by atoms with E-state index in [4.69, 9.17) is 0 Å². The van der Waals surface area contributed by atoms with E-state index in [1.165, 1.54) is 51.0 Å². The van der Waals surface area contributed by atoms with Crippen LogP contribution in [-0.2, 0) is 6.42 Å². The highest BCUT2D eigenvalue weighted by atomic mass is 16.3. The van der Waals surface area contributed by atoms with Crippen molar-refractivity contribution in [2.24, 2.45) is 0 Å². The third kappa shape index (κ3) is 3.15. The molecule has 3 rings (SSSR count). The van der Waals surface area contributed by atoms with Gasteiger partial charge in [0.15, 0.2) is 0 Å². The third-order valence-electron chi connectivity index (χ3n) is 4.94. The smallest absolute Gasteiger partial charge is 0.115 e. The van der Waals surface area contributed by atoms with E-state index >= 15 is 0 Å². The number of nitrogens with zero attached hydrogens (tertiary/aromatic N) is 2. The van der Waals surface area contributed by atoms with Crippen molar-refractivity contribution in [2.45, 2.75) is 44.7 Å². The normalized spacial score (nSPS) is 26.1. The van der Waals surface area contributed by atoms with Gasteiger partial charge in [-0.3, -0.25) is 9.80 Å². The Bertz CT molecular complexity index is 425. The summed E-state index contributed by atoms with van der Waals surface area (Å²) in [5, 5.41) is 9.34. The van der Waals surface area contributed by atoms with Gasteiger partial charge in [0.2, 0.25) is 0 Å². The molecule has 0 spiro atoms. The molecule has 2 heterocycles. The molecule has 0 saturated carbocycles. The first-order valence-electron chi connectivity index (χ1n) is 7.98. The number of phenols is 1. The molecule has 1 N–H and O–H groups in total. The molecule has 2 aliphatic rings. The van der Waals surface area contributed by atoms with Gasteiger partial charge in [0.25, 0.3) is 0 Å². The lowest BCUT2D eigenvalue weighted by molar-refractivity contribution is 0.206. The number of hydrogen-bond acceptors (Lipinski definition) is 3. The van der Waals surface area contributed by atoms with Gasteiger partial charge in [-0.2, -0.15) is 0 Å². The Morgan fingerprint density at radius 2 is 1.85 bits per heavy atom. The Kier molecular flexibility index (Phi) is 4.27. The number of aromatic hydroxyl groups is 1. The minimum atomic E-state index is 0.358. The van der Waals surface area contributed by atoms with E-state index in [2.05, 4.69) is 16.7 Å². The summed E-state index contributed by atoms with van der Waals surface area (Å²) in [5.41, 5.74) is 1.32. The zero-order valence-corrected chi connectivity index (χ0v) is 12.5. The van der Waals surface area contributed by atoms with Crippen LogP contribution in [0.2, 0.25) is 0 Å². The molecule has 2 unspecified atom stereocenters. The average molecular weight is 274 g/mol. The fraction of sp³-hybridized carbons (Fsp3) is 0.647. The first-order chi connectivity index (χ1) is 9.72. The summed E-state index contributed by atoms with van der Waals surface area (Å²) in [6.07, 6.45) is 5.19. The van der Waals surface area contributed by atoms with Crippen LogP contribution in [-0.4, -0.2) is 53.2 Å². The van der Waals surface area contributed by atoms with Crippen LogP contribution in [0, 0.1) is 0 Å². The predicted octanol–water partition coefficient (Wildman–Crippen LogP) is 2.49. The van der Waals surface area contributed by atoms with Crippen molar-refractivity contribution < 1.29 is 5.11 Å². The van der Waals surface area contributed by atoms with Gasteiger partial charge < -0.3 is 5.11 Å². The molecule has 0 radical (unpaired) electrons. The monoisotopic (exact) mass is 274 g/mol. The van der Waals surface area contributed by atoms with Crippen molar-refractivity contribution in [3.63, 3.8) is 0 Å². The lowest BCUT2D eigenvalue weighted by atomic mass is 10.1. The Hall–Kier alpha value is -1.06. The molecule has 3 nitrogen and oxygen atoms in total. The second-order valence-electron chi connectivity index (χ2n) is 6.40. The largest absolute Gasteiger partial charge is 0.508 e. The molecule has 3 heteroatoms. The van der Waals surface area contributed by atoms with Gasteiger partial charge in [-0.05, 0) is 63.4 Å². The quantitative estimate of drug-likeness (QED) is 0.914. The highest BCUT2D eigenvalue weighted by molar-refractivity contribution is 5.26. The molecular formula is C17H26N2O.